The SMILES string of the molecule is O=C(NCc1ccccc1OC(F)(F)F)N1CCC(S(=O)c2ccccc2)C1. The highest BCUT2D eigenvalue weighted by atomic mass is 32.2. The number of hydrogen-bond donors (Lipinski definition) is 1. The van der Waals surface area contributed by atoms with E-state index in [0.717, 1.165) is 0 Å². The number of carbonyl (C=O) groups is 1. The Balaban J connectivity index is 1.56. The lowest BCUT2D eigenvalue weighted by Crippen LogP contribution is -2.39. The first-order valence-corrected chi connectivity index (χ1v) is 9.87. The van der Waals surface area contributed by atoms with Crippen LogP contribution in [-0.2, 0) is 17.3 Å². The minimum atomic E-state index is -4.80. The van der Waals surface area contributed by atoms with Crippen LogP contribution in [0.15, 0.2) is 59.5 Å². The number of benzene rings is 2. The first kappa shape index (κ1) is 20.2. The van der Waals surface area contributed by atoms with Gasteiger partial charge in [0, 0.05) is 30.1 Å². The number of nitrogens with zero attached hydrogens (tertiary/aromatic N) is 1. The van der Waals surface area contributed by atoms with E-state index in [0.29, 0.717) is 24.4 Å². The molecule has 1 heterocycles. The number of likely N-dealkylation sites (tertiary alicyclic amines) is 1. The Kier molecular flexibility index (Phi) is 6.23. The van der Waals surface area contributed by atoms with Crippen molar-refractivity contribution in [3.05, 3.63) is 60.2 Å². The van der Waals surface area contributed by atoms with Crippen molar-refractivity contribution < 1.29 is 26.9 Å². The fourth-order valence-corrected chi connectivity index (χ4v) is 4.44. The van der Waals surface area contributed by atoms with Crippen molar-refractivity contribution in [1.82, 2.24) is 10.2 Å². The van der Waals surface area contributed by atoms with Gasteiger partial charge in [0.1, 0.15) is 5.75 Å². The minimum absolute atomic E-state index is 0.103. The smallest absolute Gasteiger partial charge is 0.405 e. The summed E-state index contributed by atoms with van der Waals surface area (Å²) in [5.41, 5.74) is 0.219. The molecule has 5 nitrogen and oxygen atoms in total. The predicted octanol–water partition coefficient (Wildman–Crippen LogP) is 3.68. The molecular weight excluding hydrogens is 393 g/mol. The molecule has 0 aromatic heterocycles. The van der Waals surface area contributed by atoms with Gasteiger partial charge in [-0.3, -0.25) is 4.21 Å². The van der Waals surface area contributed by atoms with Crippen molar-refractivity contribution in [1.29, 1.82) is 0 Å². The number of rotatable bonds is 5. The van der Waals surface area contributed by atoms with Gasteiger partial charge in [-0.1, -0.05) is 36.4 Å². The van der Waals surface area contributed by atoms with E-state index in [9.17, 15) is 22.2 Å². The van der Waals surface area contributed by atoms with Gasteiger partial charge in [-0.05, 0) is 24.6 Å². The molecule has 1 fully saturated rings. The number of carbonyl (C=O) groups excluding carboxylic acids is 1. The molecule has 1 saturated heterocycles. The van der Waals surface area contributed by atoms with Crippen LogP contribution in [0.5, 0.6) is 5.75 Å². The van der Waals surface area contributed by atoms with E-state index in [-0.39, 0.29) is 23.1 Å². The van der Waals surface area contributed by atoms with Crippen LogP contribution in [0.3, 0.4) is 0 Å². The number of ether oxygens (including phenoxy) is 1. The average molecular weight is 412 g/mol. The summed E-state index contributed by atoms with van der Waals surface area (Å²) >= 11 is 0. The zero-order valence-electron chi connectivity index (χ0n) is 14.8. The Morgan fingerprint density at radius 1 is 1.14 bits per heavy atom. The molecule has 9 heteroatoms. The van der Waals surface area contributed by atoms with Gasteiger partial charge in [0.15, 0.2) is 0 Å². The Labute approximate surface area is 162 Å². The van der Waals surface area contributed by atoms with Crippen LogP contribution in [0, 0.1) is 0 Å². The van der Waals surface area contributed by atoms with Gasteiger partial charge in [-0.15, -0.1) is 13.2 Å². The Bertz CT molecular complexity index is 846. The summed E-state index contributed by atoms with van der Waals surface area (Å²) in [6, 6.07) is 14.3. The van der Waals surface area contributed by atoms with Crippen LogP contribution in [0.1, 0.15) is 12.0 Å². The maximum atomic E-state index is 12.6. The number of hydrogen-bond acceptors (Lipinski definition) is 3. The molecule has 1 aliphatic heterocycles. The summed E-state index contributed by atoms with van der Waals surface area (Å²) in [5.74, 6) is -0.347. The Morgan fingerprint density at radius 2 is 1.82 bits per heavy atom. The molecule has 0 radical (unpaired) electrons. The van der Waals surface area contributed by atoms with Gasteiger partial charge in [0.05, 0.1) is 16.0 Å². The molecule has 0 saturated carbocycles. The van der Waals surface area contributed by atoms with Gasteiger partial charge >= 0.3 is 12.4 Å². The van der Waals surface area contributed by atoms with E-state index in [1.165, 1.54) is 23.1 Å². The van der Waals surface area contributed by atoms with E-state index in [4.69, 9.17) is 0 Å². The highest BCUT2D eigenvalue weighted by molar-refractivity contribution is 7.85. The van der Waals surface area contributed by atoms with Crippen LogP contribution in [0.2, 0.25) is 0 Å². The second-order valence-corrected chi connectivity index (χ2v) is 8.01. The van der Waals surface area contributed by atoms with Gasteiger partial charge in [-0.2, -0.15) is 0 Å². The topological polar surface area (TPSA) is 58.6 Å². The van der Waals surface area contributed by atoms with E-state index >= 15 is 0 Å². The molecule has 28 heavy (non-hydrogen) atoms. The summed E-state index contributed by atoms with van der Waals surface area (Å²) in [7, 11) is -1.22. The van der Waals surface area contributed by atoms with Crippen molar-refractivity contribution in [2.45, 2.75) is 29.5 Å². The fourth-order valence-electron chi connectivity index (χ4n) is 2.99. The lowest BCUT2D eigenvalue weighted by atomic mass is 10.2. The van der Waals surface area contributed by atoms with Crippen LogP contribution >= 0.6 is 0 Å². The van der Waals surface area contributed by atoms with E-state index in [1.54, 1.807) is 18.2 Å². The third-order valence-electron chi connectivity index (χ3n) is 4.34. The average Bonchev–Trinajstić information content (AvgIpc) is 3.16. The monoisotopic (exact) mass is 412 g/mol. The van der Waals surface area contributed by atoms with Gasteiger partial charge in [0.25, 0.3) is 0 Å². The quantitative estimate of drug-likeness (QED) is 0.815. The number of halogens is 3. The molecule has 1 aliphatic rings. The molecular formula is C19H19F3N2O3S. The standard InChI is InChI=1S/C19H19F3N2O3S/c20-19(21,22)27-17-9-5-4-6-14(17)12-23-18(25)24-11-10-16(13-24)28(26)15-7-2-1-3-8-15/h1-9,16H,10-13H2,(H,23,25). The van der Waals surface area contributed by atoms with Crippen molar-refractivity contribution in [2.75, 3.05) is 13.1 Å². The molecule has 150 valence electrons. The lowest BCUT2D eigenvalue weighted by molar-refractivity contribution is -0.274. The lowest BCUT2D eigenvalue weighted by Gasteiger charge is -2.18. The van der Waals surface area contributed by atoms with Crippen LogP contribution in [0.25, 0.3) is 0 Å². The number of alkyl halides is 3. The van der Waals surface area contributed by atoms with Crippen LogP contribution in [-0.4, -0.2) is 39.8 Å². The van der Waals surface area contributed by atoms with E-state index in [1.807, 2.05) is 18.2 Å². The Morgan fingerprint density at radius 3 is 2.54 bits per heavy atom. The molecule has 0 spiro atoms. The van der Waals surface area contributed by atoms with Crippen LogP contribution in [0.4, 0.5) is 18.0 Å². The molecule has 1 N–H and O–H groups in total. The maximum absolute atomic E-state index is 12.6. The third-order valence-corrected chi connectivity index (χ3v) is 6.07. The van der Waals surface area contributed by atoms with Crippen molar-refractivity contribution in [3.63, 3.8) is 0 Å². The number of amides is 2. The molecule has 2 unspecified atom stereocenters. The summed E-state index contributed by atoms with van der Waals surface area (Å²) < 4.78 is 54.0. The summed E-state index contributed by atoms with van der Waals surface area (Å²) in [5, 5.41) is 2.43. The predicted molar refractivity (Wildman–Crippen MR) is 98.2 cm³/mol. The van der Waals surface area contributed by atoms with Crippen molar-refractivity contribution in [3.8, 4) is 5.75 Å². The second kappa shape index (κ2) is 8.64. The second-order valence-electron chi connectivity index (χ2n) is 6.28. The third kappa shape index (κ3) is 5.25. The van der Waals surface area contributed by atoms with Gasteiger partial charge < -0.3 is 15.0 Å². The molecule has 0 aliphatic carbocycles. The molecule has 3 rings (SSSR count). The first-order valence-electron chi connectivity index (χ1n) is 8.65. The van der Waals surface area contributed by atoms with Crippen molar-refractivity contribution >= 4 is 16.8 Å². The normalized spacial score (nSPS) is 18.0. The first-order chi connectivity index (χ1) is 13.3. The zero-order chi connectivity index (χ0) is 20.1. The zero-order valence-corrected chi connectivity index (χ0v) is 15.6. The van der Waals surface area contributed by atoms with Gasteiger partial charge in [-0.25, -0.2) is 4.79 Å². The Hall–Kier alpha value is -2.55. The molecule has 2 amide bonds. The summed E-state index contributed by atoms with van der Waals surface area (Å²) in [6.07, 6.45) is -4.20. The molecule has 2 atom stereocenters. The highest BCUT2D eigenvalue weighted by Gasteiger charge is 2.33. The number of para-hydroxylation sites is 1. The fraction of sp³-hybridized carbons (Fsp3) is 0.316. The minimum Gasteiger partial charge on any atom is -0.405 e. The summed E-state index contributed by atoms with van der Waals surface area (Å²) in [4.78, 5) is 14.6. The highest BCUT2D eigenvalue weighted by Crippen LogP contribution is 2.26. The molecule has 2 aromatic carbocycles. The largest absolute Gasteiger partial charge is 0.573 e. The van der Waals surface area contributed by atoms with Crippen molar-refractivity contribution in [2.24, 2.45) is 0 Å². The number of nitrogens with one attached hydrogen (secondary N) is 1. The molecule has 2 aromatic rings. The molecule has 0 bridgehead atoms. The van der Waals surface area contributed by atoms with Crippen LogP contribution < -0.4 is 10.1 Å². The number of urea groups is 1. The van der Waals surface area contributed by atoms with E-state index < -0.39 is 23.2 Å². The summed E-state index contributed by atoms with van der Waals surface area (Å²) in [6.45, 7) is 0.665. The maximum Gasteiger partial charge on any atom is 0.573 e. The van der Waals surface area contributed by atoms with Gasteiger partial charge in [0.2, 0.25) is 0 Å². The van der Waals surface area contributed by atoms with E-state index in [2.05, 4.69) is 10.1 Å².